The van der Waals surface area contributed by atoms with E-state index in [1.54, 1.807) is 0 Å². The summed E-state index contributed by atoms with van der Waals surface area (Å²) >= 11 is 0. The van der Waals surface area contributed by atoms with Crippen LogP contribution in [-0.4, -0.2) is 14.1 Å². The second-order valence-electron chi connectivity index (χ2n) is 8.93. The van der Waals surface area contributed by atoms with E-state index in [2.05, 4.69) is 75.6 Å². The molecule has 162 valence electrons. The molecule has 0 amide bonds. The van der Waals surface area contributed by atoms with Gasteiger partial charge in [0, 0.05) is 5.56 Å². The van der Waals surface area contributed by atoms with Gasteiger partial charge >= 0.3 is 0 Å². The van der Waals surface area contributed by atoms with Gasteiger partial charge in [-0.15, -0.1) is 0 Å². The number of quaternary nitrogens is 1. The quantitative estimate of drug-likeness (QED) is 0.303. The van der Waals surface area contributed by atoms with Crippen molar-refractivity contribution >= 4 is 5.69 Å². The van der Waals surface area contributed by atoms with E-state index in [0.29, 0.717) is 0 Å². The van der Waals surface area contributed by atoms with Crippen molar-refractivity contribution in [3.63, 3.8) is 0 Å². The van der Waals surface area contributed by atoms with Crippen LogP contribution in [0.4, 0.5) is 5.69 Å². The van der Waals surface area contributed by atoms with Gasteiger partial charge in [0.05, 0.1) is 14.1 Å². The van der Waals surface area contributed by atoms with E-state index in [9.17, 15) is 0 Å². The molecule has 2 aromatic carbocycles. The Morgan fingerprint density at radius 1 is 0.586 bits per heavy atom. The van der Waals surface area contributed by atoms with Crippen LogP contribution in [0, 0.1) is 0 Å². The average Bonchev–Trinajstić information content (AvgIpc) is 2.71. The number of nitrogens with zero attached hydrogens (tertiary/aromatic N) is 1. The first-order valence-corrected chi connectivity index (χ1v) is 11.6. The Balaban J connectivity index is 0.00000420. The van der Waals surface area contributed by atoms with Crippen LogP contribution >= 0.6 is 0 Å². The summed E-state index contributed by atoms with van der Waals surface area (Å²) in [5.74, 6) is 0. The lowest BCUT2D eigenvalue weighted by molar-refractivity contribution is -0.00000619. The van der Waals surface area contributed by atoms with E-state index in [1.807, 2.05) is 0 Å². The Kier molecular flexibility index (Phi) is 13.0. The summed E-state index contributed by atoms with van der Waals surface area (Å²) in [4.78, 5) is 0. The summed E-state index contributed by atoms with van der Waals surface area (Å²) in [6.45, 7) is 3.32. The molecule has 2 heteroatoms. The Hall–Kier alpha value is -1.31. The van der Waals surface area contributed by atoms with Gasteiger partial charge in [-0.2, -0.15) is 0 Å². The van der Waals surface area contributed by atoms with E-state index < -0.39 is 0 Å². The maximum atomic E-state index is 2.34. The van der Waals surface area contributed by atoms with Gasteiger partial charge in [-0.1, -0.05) is 107 Å². The minimum absolute atomic E-state index is 0. The Labute approximate surface area is 186 Å². The summed E-state index contributed by atoms with van der Waals surface area (Å²) in [7, 11) is 4.57. The van der Waals surface area contributed by atoms with Gasteiger partial charge in [0.15, 0.2) is 0 Å². The van der Waals surface area contributed by atoms with Crippen LogP contribution in [0.15, 0.2) is 54.6 Å². The van der Waals surface area contributed by atoms with E-state index >= 15 is 0 Å². The third-order valence-corrected chi connectivity index (χ3v) is 5.88. The molecule has 0 aromatic heterocycles. The van der Waals surface area contributed by atoms with E-state index in [0.717, 1.165) is 11.0 Å². The first-order valence-electron chi connectivity index (χ1n) is 11.6. The maximum absolute atomic E-state index is 2.34. The molecule has 0 saturated heterocycles. The van der Waals surface area contributed by atoms with Gasteiger partial charge in [0.1, 0.15) is 12.2 Å². The van der Waals surface area contributed by atoms with Crippen LogP contribution in [0.5, 0.6) is 0 Å². The largest absolute Gasteiger partial charge is 1.00 e. The van der Waals surface area contributed by atoms with E-state index in [-0.39, 0.29) is 12.4 Å². The molecule has 0 aliphatic heterocycles. The van der Waals surface area contributed by atoms with Gasteiger partial charge in [-0.25, -0.2) is 0 Å². The first-order chi connectivity index (χ1) is 13.6. The molecule has 0 unspecified atom stereocenters. The number of halogens is 1. The highest BCUT2D eigenvalue weighted by atomic mass is 35.5. The van der Waals surface area contributed by atoms with Crippen LogP contribution < -0.4 is 16.9 Å². The lowest BCUT2D eigenvalue weighted by atomic mass is 10.0. The summed E-state index contributed by atoms with van der Waals surface area (Å²) in [6, 6.07) is 20.1. The van der Waals surface area contributed by atoms with Gasteiger partial charge in [-0.3, -0.25) is 4.48 Å². The van der Waals surface area contributed by atoms with Crippen LogP contribution in [0.3, 0.4) is 0 Å². The molecular formula is C27H42ClN. The fraction of sp³-hybridized carbons (Fsp3) is 0.556. The summed E-state index contributed by atoms with van der Waals surface area (Å²) < 4.78 is 0.888. The van der Waals surface area contributed by atoms with Gasteiger partial charge in [0.2, 0.25) is 0 Å². The Morgan fingerprint density at radius 3 is 1.62 bits per heavy atom. The second-order valence-corrected chi connectivity index (χ2v) is 8.93. The number of rotatable bonds is 14. The van der Waals surface area contributed by atoms with Crippen molar-refractivity contribution in [3.8, 4) is 0 Å². The Morgan fingerprint density at radius 2 is 1.07 bits per heavy atom. The number of benzene rings is 2. The standard InChI is InChI=1S/C27H42N.ClH/c1-4-5-6-7-8-9-10-11-12-14-17-25-20-22-26(23-21-25)24-28(2,3)27-18-15-13-16-19-27;/h13,15-16,18-23H,4-12,14,17,24H2,1-3H3;1H/q+1;/p-1. The molecule has 29 heavy (non-hydrogen) atoms. The molecular weight excluding hydrogens is 374 g/mol. The average molecular weight is 416 g/mol. The minimum Gasteiger partial charge on any atom is -1.00 e. The third-order valence-electron chi connectivity index (χ3n) is 5.88. The highest BCUT2D eigenvalue weighted by Crippen LogP contribution is 2.22. The molecule has 1 nitrogen and oxygen atoms in total. The first kappa shape index (κ1) is 25.7. The minimum atomic E-state index is 0. The molecule has 0 N–H and O–H groups in total. The van der Waals surface area contributed by atoms with Crippen LogP contribution in [0.25, 0.3) is 0 Å². The van der Waals surface area contributed by atoms with Crippen molar-refractivity contribution in [1.29, 1.82) is 0 Å². The molecule has 0 atom stereocenters. The molecule has 0 heterocycles. The normalized spacial score (nSPS) is 11.3. The highest BCUT2D eigenvalue weighted by molar-refractivity contribution is 5.42. The zero-order chi connectivity index (χ0) is 20.1. The van der Waals surface area contributed by atoms with Crippen LogP contribution in [-0.2, 0) is 13.0 Å². The number of hydrogen-bond acceptors (Lipinski definition) is 0. The van der Waals surface area contributed by atoms with Gasteiger partial charge in [0.25, 0.3) is 0 Å². The Bertz CT molecular complexity index is 633. The zero-order valence-corrected chi connectivity index (χ0v) is 19.8. The fourth-order valence-corrected chi connectivity index (χ4v) is 4.01. The van der Waals surface area contributed by atoms with Crippen molar-refractivity contribution in [3.05, 3.63) is 65.7 Å². The fourth-order valence-electron chi connectivity index (χ4n) is 4.01. The molecule has 0 bridgehead atoms. The third kappa shape index (κ3) is 10.3. The number of para-hydroxylation sites is 1. The second kappa shape index (κ2) is 14.6. The van der Waals surface area contributed by atoms with Gasteiger partial charge in [-0.05, 0) is 30.5 Å². The molecule has 2 rings (SSSR count). The lowest BCUT2D eigenvalue weighted by Crippen LogP contribution is -3.00. The van der Waals surface area contributed by atoms with E-state index in [1.165, 1.54) is 87.4 Å². The predicted molar refractivity (Wildman–Crippen MR) is 126 cm³/mol. The smallest absolute Gasteiger partial charge is 0.132 e. The highest BCUT2D eigenvalue weighted by Gasteiger charge is 2.18. The SMILES string of the molecule is CCCCCCCCCCCCc1ccc(C[N+](C)(C)c2ccccc2)cc1.[Cl-]. The van der Waals surface area contributed by atoms with Crippen molar-refractivity contribution < 1.29 is 12.4 Å². The molecule has 0 fully saturated rings. The van der Waals surface area contributed by atoms with E-state index in [4.69, 9.17) is 0 Å². The van der Waals surface area contributed by atoms with Crippen molar-refractivity contribution in [1.82, 2.24) is 4.48 Å². The molecule has 0 saturated carbocycles. The van der Waals surface area contributed by atoms with Crippen molar-refractivity contribution in [2.45, 2.75) is 84.1 Å². The number of aryl methyl sites for hydroxylation is 1. The van der Waals surface area contributed by atoms with Crippen LogP contribution in [0.2, 0.25) is 0 Å². The molecule has 0 spiro atoms. The van der Waals surface area contributed by atoms with Gasteiger partial charge < -0.3 is 12.4 Å². The predicted octanol–water partition coefficient (Wildman–Crippen LogP) is 4.92. The summed E-state index contributed by atoms with van der Waals surface area (Å²) in [6.07, 6.45) is 15.3. The molecule has 2 aromatic rings. The van der Waals surface area contributed by atoms with Crippen molar-refractivity contribution in [2.75, 3.05) is 14.1 Å². The molecule has 0 aliphatic carbocycles. The topological polar surface area (TPSA) is 0 Å². The zero-order valence-electron chi connectivity index (χ0n) is 19.0. The molecule has 0 aliphatic rings. The number of hydrogen-bond donors (Lipinski definition) is 0. The molecule has 0 radical (unpaired) electrons. The van der Waals surface area contributed by atoms with Crippen molar-refractivity contribution in [2.24, 2.45) is 0 Å². The van der Waals surface area contributed by atoms with Crippen LogP contribution in [0.1, 0.15) is 82.3 Å². The monoisotopic (exact) mass is 415 g/mol. The number of unbranched alkanes of at least 4 members (excludes halogenated alkanes) is 9. The summed E-state index contributed by atoms with van der Waals surface area (Å²) in [5.41, 5.74) is 4.27. The lowest BCUT2D eigenvalue weighted by Gasteiger charge is -2.29. The maximum Gasteiger partial charge on any atom is 0.132 e. The summed E-state index contributed by atoms with van der Waals surface area (Å²) in [5, 5.41) is 0.